The van der Waals surface area contributed by atoms with Gasteiger partial charge < -0.3 is 0 Å². The average Bonchev–Trinajstić information content (AvgIpc) is 2.96. The lowest BCUT2D eigenvalue weighted by Crippen LogP contribution is -2.19. The van der Waals surface area contributed by atoms with E-state index in [1.807, 2.05) is 6.07 Å². The molecule has 7 heteroatoms. The van der Waals surface area contributed by atoms with Crippen LogP contribution in [0, 0.1) is 25.2 Å². The van der Waals surface area contributed by atoms with Crippen LogP contribution in [0.4, 0.5) is 0 Å². The maximum absolute atomic E-state index is 12.1. The highest BCUT2D eigenvalue weighted by Gasteiger charge is 2.17. The van der Waals surface area contributed by atoms with Crippen molar-refractivity contribution in [3.8, 4) is 6.07 Å². The lowest BCUT2D eigenvalue weighted by molar-refractivity contribution is 0.589. The average molecular weight is 367 g/mol. The summed E-state index contributed by atoms with van der Waals surface area (Å²) in [6, 6.07) is 6.47. The molecule has 0 amide bonds. The van der Waals surface area contributed by atoms with E-state index in [0.29, 0.717) is 16.5 Å². The van der Waals surface area contributed by atoms with E-state index in [0.717, 1.165) is 4.52 Å². The Bertz CT molecular complexity index is 1060. The predicted octanol–water partition coefficient (Wildman–Crippen LogP) is 3.50. The van der Waals surface area contributed by atoms with Gasteiger partial charge in [-0.3, -0.25) is 4.98 Å². The molecule has 3 rings (SSSR count). The van der Waals surface area contributed by atoms with Crippen molar-refractivity contribution in [2.45, 2.75) is 50.9 Å². The number of benzene rings is 1. The Morgan fingerprint density at radius 3 is 2.50 bits per heavy atom. The number of nitriles is 1. The molecule has 0 fully saturated rings. The quantitative estimate of drug-likeness (QED) is 0.716. The smallest absolute Gasteiger partial charge is 0.285 e. The van der Waals surface area contributed by atoms with E-state index in [4.69, 9.17) is 5.26 Å². The molecular weight excluding hydrogens is 346 g/mol. The molecule has 0 bridgehead atoms. The molecule has 1 aromatic carbocycles. The lowest BCUT2D eigenvalue weighted by atomic mass is 9.84. The minimum absolute atomic E-state index is 0.106. The van der Waals surface area contributed by atoms with Gasteiger partial charge in [-0.1, -0.05) is 44.7 Å². The number of H-pyrrole nitrogens is 1. The maximum atomic E-state index is 12.1. The summed E-state index contributed by atoms with van der Waals surface area (Å²) >= 11 is 1.45. The van der Waals surface area contributed by atoms with Gasteiger partial charge in [0.2, 0.25) is 0 Å². The van der Waals surface area contributed by atoms with E-state index < -0.39 is 5.69 Å². The fourth-order valence-corrected chi connectivity index (χ4v) is 3.86. The molecule has 0 aliphatic carbocycles. The Morgan fingerprint density at radius 2 is 1.92 bits per heavy atom. The zero-order chi connectivity index (χ0) is 19.1. The van der Waals surface area contributed by atoms with E-state index in [1.54, 1.807) is 0 Å². The molecule has 2 heterocycles. The van der Waals surface area contributed by atoms with Crippen LogP contribution < -0.4 is 5.69 Å². The molecule has 0 aliphatic heterocycles. The molecule has 6 nitrogen and oxygen atoms in total. The topological polar surface area (TPSA) is 86.8 Å². The number of hydrogen-bond acceptors (Lipinski definition) is 5. The first-order chi connectivity index (χ1) is 12.2. The molecule has 0 atom stereocenters. The number of aromatic nitrogens is 4. The summed E-state index contributed by atoms with van der Waals surface area (Å²) in [5.74, 6) is 0.692. The molecule has 0 saturated heterocycles. The lowest BCUT2D eigenvalue weighted by Gasteiger charge is -2.22. The van der Waals surface area contributed by atoms with Crippen LogP contribution in [-0.2, 0) is 11.2 Å². The molecular formula is C19H21N5OS. The van der Waals surface area contributed by atoms with Crippen molar-refractivity contribution >= 4 is 17.4 Å². The molecule has 0 unspecified atom stereocenters. The summed E-state index contributed by atoms with van der Waals surface area (Å²) in [5, 5.41) is 13.5. The summed E-state index contributed by atoms with van der Waals surface area (Å²) in [4.78, 5) is 19.2. The standard InChI is InChI=1S/C19H21N5OS/c1-11-6-14(19(3,4)5)7-12(2)15(11)10-26-17-22-16-13(8-20)9-21-24(16)18(25)23-17/h6-7,9H,10H2,1-5H3,(H,22,23,25). The monoisotopic (exact) mass is 367 g/mol. The van der Waals surface area contributed by atoms with E-state index in [-0.39, 0.29) is 11.1 Å². The largest absolute Gasteiger partial charge is 0.350 e. The summed E-state index contributed by atoms with van der Waals surface area (Å²) in [5.41, 5.74) is 5.30. The Balaban J connectivity index is 1.91. The van der Waals surface area contributed by atoms with Gasteiger partial charge in [0.15, 0.2) is 10.8 Å². The molecule has 26 heavy (non-hydrogen) atoms. The highest BCUT2D eigenvalue weighted by molar-refractivity contribution is 7.98. The predicted molar refractivity (Wildman–Crippen MR) is 102 cm³/mol. The van der Waals surface area contributed by atoms with E-state index >= 15 is 0 Å². The van der Waals surface area contributed by atoms with Gasteiger partial charge in [0.25, 0.3) is 0 Å². The molecule has 0 spiro atoms. The number of thioether (sulfide) groups is 1. The van der Waals surface area contributed by atoms with Crippen molar-refractivity contribution < 1.29 is 0 Å². The second-order valence-corrected chi connectivity index (χ2v) is 8.34. The Morgan fingerprint density at radius 1 is 1.27 bits per heavy atom. The van der Waals surface area contributed by atoms with Gasteiger partial charge in [0, 0.05) is 5.75 Å². The van der Waals surface area contributed by atoms with E-state index in [2.05, 4.69) is 61.8 Å². The minimum Gasteiger partial charge on any atom is -0.285 e. The van der Waals surface area contributed by atoms with E-state index in [9.17, 15) is 4.79 Å². The second-order valence-electron chi connectivity index (χ2n) is 7.38. The molecule has 0 aliphatic rings. The Kier molecular flexibility index (Phi) is 4.63. The van der Waals surface area contributed by atoms with Crippen molar-refractivity contribution in [2.24, 2.45) is 0 Å². The van der Waals surface area contributed by atoms with Gasteiger partial charge in [0.1, 0.15) is 11.6 Å². The number of hydrogen-bond donors (Lipinski definition) is 1. The summed E-state index contributed by atoms with van der Waals surface area (Å²) in [7, 11) is 0. The molecule has 1 N–H and O–H groups in total. The Labute approximate surface area is 156 Å². The van der Waals surface area contributed by atoms with Gasteiger partial charge in [0.05, 0.1) is 6.20 Å². The molecule has 2 aromatic heterocycles. The SMILES string of the molecule is Cc1cc(C(C)(C)C)cc(C)c1CSc1nc2c(C#N)cnn2c(=O)[nH]1. The summed E-state index contributed by atoms with van der Waals surface area (Å²) < 4.78 is 1.11. The van der Waals surface area contributed by atoms with Crippen LogP contribution >= 0.6 is 11.8 Å². The van der Waals surface area contributed by atoms with Gasteiger partial charge in [-0.05, 0) is 41.5 Å². The molecule has 0 saturated carbocycles. The minimum atomic E-state index is -0.393. The maximum Gasteiger partial charge on any atom is 0.350 e. The fourth-order valence-electron chi connectivity index (χ4n) is 2.81. The van der Waals surface area contributed by atoms with Crippen LogP contribution in [0.1, 0.15) is 48.6 Å². The Hall–Kier alpha value is -2.59. The van der Waals surface area contributed by atoms with Gasteiger partial charge >= 0.3 is 5.69 Å². The number of nitrogens with one attached hydrogen (secondary N) is 1. The third-order valence-corrected chi connectivity index (χ3v) is 5.29. The summed E-state index contributed by atoms with van der Waals surface area (Å²) in [6.07, 6.45) is 1.35. The number of fused-ring (bicyclic) bond motifs is 1. The van der Waals surface area contributed by atoms with Crippen molar-refractivity contribution in [2.75, 3.05) is 0 Å². The van der Waals surface area contributed by atoms with Crippen molar-refractivity contribution in [1.29, 1.82) is 5.26 Å². The number of nitrogens with zero attached hydrogens (tertiary/aromatic N) is 4. The normalized spacial score (nSPS) is 11.7. The first-order valence-electron chi connectivity index (χ1n) is 8.32. The number of aryl methyl sites for hydroxylation is 2. The van der Waals surface area contributed by atoms with Gasteiger partial charge in [-0.25, -0.2) is 9.78 Å². The second kappa shape index (κ2) is 6.61. The van der Waals surface area contributed by atoms with Crippen molar-refractivity contribution in [3.05, 3.63) is 56.6 Å². The van der Waals surface area contributed by atoms with Crippen LogP contribution in [0.15, 0.2) is 28.3 Å². The fraction of sp³-hybridized carbons (Fsp3) is 0.368. The van der Waals surface area contributed by atoms with Crippen LogP contribution in [0.3, 0.4) is 0 Å². The number of aromatic amines is 1. The zero-order valence-electron chi connectivity index (χ0n) is 15.5. The highest BCUT2D eigenvalue weighted by atomic mass is 32.2. The van der Waals surface area contributed by atoms with Gasteiger partial charge in [-0.2, -0.15) is 14.9 Å². The molecule has 3 aromatic rings. The van der Waals surface area contributed by atoms with Crippen molar-refractivity contribution in [3.63, 3.8) is 0 Å². The zero-order valence-corrected chi connectivity index (χ0v) is 16.4. The first kappa shape index (κ1) is 18.2. The third kappa shape index (κ3) is 3.37. The van der Waals surface area contributed by atoms with E-state index in [1.165, 1.54) is 40.2 Å². The number of rotatable bonds is 3. The van der Waals surface area contributed by atoms with Crippen LogP contribution in [0.2, 0.25) is 0 Å². The van der Waals surface area contributed by atoms with Crippen LogP contribution in [-0.4, -0.2) is 19.6 Å². The highest BCUT2D eigenvalue weighted by Crippen LogP contribution is 2.30. The van der Waals surface area contributed by atoms with Gasteiger partial charge in [-0.15, -0.1) is 0 Å². The van der Waals surface area contributed by atoms with Crippen LogP contribution in [0.25, 0.3) is 5.65 Å². The van der Waals surface area contributed by atoms with Crippen LogP contribution in [0.5, 0.6) is 0 Å². The third-order valence-electron chi connectivity index (χ3n) is 4.39. The molecule has 134 valence electrons. The first-order valence-corrected chi connectivity index (χ1v) is 9.31. The molecule has 0 radical (unpaired) electrons. The summed E-state index contributed by atoms with van der Waals surface area (Å²) in [6.45, 7) is 10.8. The van der Waals surface area contributed by atoms with Crippen molar-refractivity contribution in [1.82, 2.24) is 19.6 Å².